The van der Waals surface area contributed by atoms with Crippen molar-refractivity contribution in [3.05, 3.63) is 41.7 Å². The Morgan fingerprint density at radius 2 is 2.04 bits per heavy atom. The van der Waals surface area contributed by atoms with Gasteiger partial charge in [-0.25, -0.2) is 9.97 Å². The minimum absolute atomic E-state index is 0.274. The van der Waals surface area contributed by atoms with Gasteiger partial charge in [0, 0.05) is 23.0 Å². The number of fused-ring (bicyclic) bond motifs is 1. The summed E-state index contributed by atoms with van der Waals surface area (Å²) < 4.78 is 1.08. The molecule has 1 saturated heterocycles. The third-order valence-electron chi connectivity index (χ3n) is 4.12. The monoisotopic (exact) mass is 345 g/mol. The standard InChI is InChI=1S/C17H16ClN3OS/c18-12-5-3-11(4-6-12)15-8-14-16(23-15)17(20-10-19-14)21-7-1-2-13(22)9-21/h3-6,8,10,13,22H,1-2,7,9H2. The number of anilines is 1. The summed E-state index contributed by atoms with van der Waals surface area (Å²) in [6, 6.07) is 9.92. The van der Waals surface area contributed by atoms with Gasteiger partial charge < -0.3 is 10.0 Å². The highest BCUT2D eigenvalue weighted by Gasteiger charge is 2.22. The molecule has 4 nitrogen and oxygen atoms in total. The summed E-state index contributed by atoms with van der Waals surface area (Å²) in [4.78, 5) is 12.2. The highest BCUT2D eigenvalue weighted by Crippen LogP contribution is 2.37. The predicted molar refractivity (Wildman–Crippen MR) is 95.3 cm³/mol. The maximum Gasteiger partial charge on any atom is 0.150 e. The first-order valence-corrected chi connectivity index (χ1v) is 8.83. The van der Waals surface area contributed by atoms with E-state index in [1.807, 2.05) is 24.3 Å². The minimum Gasteiger partial charge on any atom is -0.391 e. The minimum atomic E-state index is -0.274. The average molecular weight is 346 g/mol. The molecule has 1 fully saturated rings. The third kappa shape index (κ3) is 2.92. The molecule has 2 aromatic heterocycles. The van der Waals surface area contributed by atoms with Crippen LogP contribution in [0.5, 0.6) is 0 Å². The van der Waals surface area contributed by atoms with Crippen molar-refractivity contribution in [2.75, 3.05) is 18.0 Å². The second-order valence-corrected chi connectivity index (χ2v) is 7.26. The van der Waals surface area contributed by atoms with Gasteiger partial charge in [0.1, 0.15) is 12.1 Å². The van der Waals surface area contributed by atoms with Crippen LogP contribution in [0.2, 0.25) is 5.02 Å². The van der Waals surface area contributed by atoms with Crippen LogP contribution in [0.1, 0.15) is 12.8 Å². The summed E-state index contributed by atoms with van der Waals surface area (Å²) in [5.74, 6) is 0.930. The second-order valence-electron chi connectivity index (χ2n) is 5.77. The lowest BCUT2D eigenvalue weighted by Crippen LogP contribution is -2.38. The molecule has 3 heterocycles. The Labute approximate surface area is 143 Å². The maximum atomic E-state index is 9.93. The van der Waals surface area contributed by atoms with E-state index in [9.17, 15) is 5.11 Å². The highest BCUT2D eigenvalue weighted by molar-refractivity contribution is 7.22. The fourth-order valence-electron chi connectivity index (χ4n) is 2.97. The molecule has 0 aliphatic carbocycles. The van der Waals surface area contributed by atoms with Gasteiger partial charge in [-0.05, 0) is 36.6 Å². The van der Waals surface area contributed by atoms with Gasteiger partial charge in [0.2, 0.25) is 0 Å². The Bertz CT molecular complexity index is 833. The summed E-state index contributed by atoms with van der Waals surface area (Å²) >= 11 is 7.66. The number of benzene rings is 1. The van der Waals surface area contributed by atoms with E-state index in [2.05, 4.69) is 20.9 Å². The van der Waals surface area contributed by atoms with Crippen molar-refractivity contribution in [3.8, 4) is 10.4 Å². The van der Waals surface area contributed by atoms with Crippen molar-refractivity contribution in [1.82, 2.24) is 9.97 Å². The van der Waals surface area contributed by atoms with E-state index in [1.54, 1.807) is 17.7 Å². The van der Waals surface area contributed by atoms with E-state index in [0.717, 1.165) is 50.9 Å². The van der Waals surface area contributed by atoms with Gasteiger partial charge in [-0.1, -0.05) is 23.7 Å². The van der Waals surface area contributed by atoms with Crippen LogP contribution in [-0.4, -0.2) is 34.3 Å². The number of rotatable bonds is 2. The number of halogens is 1. The molecule has 0 saturated carbocycles. The first kappa shape index (κ1) is 14.9. The van der Waals surface area contributed by atoms with Crippen LogP contribution in [0.15, 0.2) is 36.7 Å². The molecule has 23 heavy (non-hydrogen) atoms. The van der Waals surface area contributed by atoms with Crippen molar-refractivity contribution in [1.29, 1.82) is 0 Å². The normalized spacial score (nSPS) is 18.5. The SMILES string of the molecule is OC1CCCN(c2ncnc3cc(-c4ccc(Cl)cc4)sc23)C1. The van der Waals surface area contributed by atoms with Crippen LogP contribution in [0.4, 0.5) is 5.82 Å². The van der Waals surface area contributed by atoms with E-state index >= 15 is 0 Å². The molecule has 1 aliphatic rings. The van der Waals surface area contributed by atoms with Gasteiger partial charge >= 0.3 is 0 Å². The molecule has 0 bridgehead atoms. The van der Waals surface area contributed by atoms with E-state index in [1.165, 1.54) is 0 Å². The molecule has 118 valence electrons. The molecule has 1 aromatic carbocycles. The molecule has 1 aliphatic heterocycles. The van der Waals surface area contributed by atoms with E-state index in [-0.39, 0.29) is 6.10 Å². The van der Waals surface area contributed by atoms with Crippen molar-refractivity contribution >= 4 is 39.0 Å². The zero-order valence-corrected chi connectivity index (χ0v) is 14.0. The second kappa shape index (κ2) is 6.07. The fourth-order valence-corrected chi connectivity index (χ4v) is 4.23. The maximum absolute atomic E-state index is 9.93. The lowest BCUT2D eigenvalue weighted by Gasteiger charge is -2.31. The smallest absolute Gasteiger partial charge is 0.150 e. The summed E-state index contributed by atoms with van der Waals surface area (Å²) in [5, 5.41) is 10.7. The van der Waals surface area contributed by atoms with Gasteiger partial charge in [0.15, 0.2) is 0 Å². The summed E-state index contributed by atoms with van der Waals surface area (Å²) in [6.07, 6.45) is 3.19. The highest BCUT2D eigenvalue weighted by atomic mass is 35.5. The Morgan fingerprint density at radius 1 is 1.22 bits per heavy atom. The van der Waals surface area contributed by atoms with Crippen LogP contribution in [-0.2, 0) is 0 Å². The molecular weight excluding hydrogens is 330 g/mol. The molecule has 4 rings (SSSR count). The Balaban J connectivity index is 1.76. The van der Waals surface area contributed by atoms with Gasteiger partial charge in [-0.2, -0.15) is 0 Å². The van der Waals surface area contributed by atoms with Gasteiger partial charge in [-0.15, -0.1) is 11.3 Å². The van der Waals surface area contributed by atoms with Crippen molar-refractivity contribution in [2.24, 2.45) is 0 Å². The number of piperidine rings is 1. The zero-order chi connectivity index (χ0) is 15.8. The molecule has 1 unspecified atom stereocenters. The topological polar surface area (TPSA) is 49.2 Å². The number of hydrogen-bond acceptors (Lipinski definition) is 5. The van der Waals surface area contributed by atoms with Crippen LogP contribution in [0, 0.1) is 0 Å². The van der Waals surface area contributed by atoms with Crippen LogP contribution < -0.4 is 4.90 Å². The number of aliphatic hydroxyl groups excluding tert-OH is 1. The lowest BCUT2D eigenvalue weighted by atomic mass is 10.1. The van der Waals surface area contributed by atoms with Gasteiger partial charge in [0.05, 0.1) is 16.3 Å². The van der Waals surface area contributed by atoms with Crippen molar-refractivity contribution < 1.29 is 5.11 Å². The fraction of sp³-hybridized carbons (Fsp3) is 0.294. The number of aliphatic hydroxyl groups is 1. The Hall–Kier alpha value is -1.69. The average Bonchev–Trinajstić information content (AvgIpc) is 2.99. The van der Waals surface area contributed by atoms with E-state index < -0.39 is 0 Å². The molecule has 0 radical (unpaired) electrons. The number of hydrogen-bond donors (Lipinski definition) is 1. The Morgan fingerprint density at radius 3 is 2.83 bits per heavy atom. The Kier molecular flexibility index (Phi) is 3.93. The van der Waals surface area contributed by atoms with Crippen molar-refractivity contribution in [3.63, 3.8) is 0 Å². The number of aromatic nitrogens is 2. The van der Waals surface area contributed by atoms with Crippen LogP contribution >= 0.6 is 22.9 Å². The van der Waals surface area contributed by atoms with Crippen LogP contribution in [0.25, 0.3) is 20.7 Å². The van der Waals surface area contributed by atoms with Gasteiger partial charge in [-0.3, -0.25) is 0 Å². The molecular formula is C17H16ClN3OS. The lowest BCUT2D eigenvalue weighted by molar-refractivity contribution is 0.154. The van der Waals surface area contributed by atoms with E-state index in [4.69, 9.17) is 11.6 Å². The number of nitrogens with zero attached hydrogens (tertiary/aromatic N) is 3. The molecule has 0 amide bonds. The molecule has 3 aromatic rings. The number of β-amino-alcohol motifs (C(OH)–C–C–N with tert-alkyl or cyclic N) is 1. The summed E-state index contributed by atoms with van der Waals surface area (Å²) in [6.45, 7) is 1.57. The molecule has 0 spiro atoms. The first-order valence-electron chi connectivity index (χ1n) is 7.64. The third-order valence-corrected chi connectivity index (χ3v) is 5.54. The zero-order valence-electron chi connectivity index (χ0n) is 12.4. The molecule has 6 heteroatoms. The largest absolute Gasteiger partial charge is 0.391 e. The van der Waals surface area contributed by atoms with E-state index in [0.29, 0.717) is 6.54 Å². The summed E-state index contributed by atoms with van der Waals surface area (Å²) in [5.41, 5.74) is 2.08. The quantitative estimate of drug-likeness (QED) is 0.763. The molecule has 1 atom stereocenters. The summed E-state index contributed by atoms with van der Waals surface area (Å²) in [7, 11) is 0. The predicted octanol–water partition coefficient (Wildman–Crippen LogP) is 3.97. The molecule has 1 N–H and O–H groups in total. The first-order chi connectivity index (χ1) is 11.2. The van der Waals surface area contributed by atoms with Crippen molar-refractivity contribution in [2.45, 2.75) is 18.9 Å². The van der Waals surface area contributed by atoms with Gasteiger partial charge in [0.25, 0.3) is 0 Å². The van der Waals surface area contributed by atoms with Crippen LogP contribution in [0.3, 0.4) is 0 Å². The number of thiophene rings is 1.